The van der Waals surface area contributed by atoms with E-state index in [2.05, 4.69) is 45.7 Å². The van der Waals surface area contributed by atoms with Crippen molar-refractivity contribution >= 4 is 27.9 Å². The Labute approximate surface area is 234 Å². The van der Waals surface area contributed by atoms with E-state index in [1.54, 1.807) is 36.1 Å². The highest BCUT2D eigenvalue weighted by atomic mass is 16.5. The maximum absolute atomic E-state index is 12.8. The van der Waals surface area contributed by atoms with Crippen LogP contribution in [0.3, 0.4) is 0 Å². The molecule has 2 fully saturated rings. The molecule has 0 aliphatic carbocycles. The van der Waals surface area contributed by atoms with Gasteiger partial charge in [-0.1, -0.05) is 13.0 Å². The maximum Gasteiger partial charge on any atom is 0.250 e. The van der Waals surface area contributed by atoms with Crippen molar-refractivity contribution in [2.24, 2.45) is 7.05 Å². The first kappa shape index (κ1) is 26.9. The number of hydrogen-bond acceptors (Lipinski definition) is 8. The minimum absolute atomic E-state index is 0.0786. The maximum atomic E-state index is 12.8. The fraction of sp³-hybridized carbons (Fsp3) is 0.533. The molecule has 1 N–H and O–H groups in total. The molecule has 0 amide bonds. The van der Waals surface area contributed by atoms with Gasteiger partial charge in [0, 0.05) is 57.3 Å². The zero-order chi connectivity index (χ0) is 28.0. The van der Waals surface area contributed by atoms with Crippen LogP contribution in [-0.2, 0) is 11.8 Å². The Hall–Kier alpha value is -3.34. The summed E-state index contributed by atoms with van der Waals surface area (Å²) in [4.78, 5) is 26.5. The van der Waals surface area contributed by atoms with E-state index in [-0.39, 0.29) is 29.9 Å². The molecule has 5 atom stereocenters. The number of anilines is 1. The van der Waals surface area contributed by atoms with Gasteiger partial charge in [-0.15, -0.1) is 0 Å². The molecule has 3 aromatic heterocycles. The van der Waals surface area contributed by atoms with E-state index in [1.807, 2.05) is 17.7 Å². The molecule has 2 aliphatic rings. The van der Waals surface area contributed by atoms with Crippen LogP contribution in [0.1, 0.15) is 64.3 Å². The largest absolute Gasteiger partial charge is 0.391 e. The fourth-order valence-electron chi connectivity index (χ4n) is 6.48. The van der Waals surface area contributed by atoms with Crippen molar-refractivity contribution < 1.29 is 9.84 Å². The van der Waals surface area contributed by atoms with Crippen LogP contribution < -0.4 is 10.5 Å². The summed E-state index contributed by atoms with van der Waals surface area (Å²) in [6.07, 6.45) is 6.55. The highest BCUT2D eigenvalue weighted by molar-refractivity contribution is 5.87. The highest BCUT2D eigenvalue weighted by Crippen LogP contribution is 2.38. The first-order valence-corrected chi connectivity index (χ1v) is 14.5. The number of aliphatic hydroxyl groups is 1. The zero-order valence-electron chi connectivity index (χ0n) is 23.8. The molecule has 2 aliphatic heterocycles. The van der Waals surface area contributed by atoms with Crippen LogP contribution in [0.5, 0.6) is 0 Å². The van der Waals surface area contributed by atoms with Crippen LogP contribution in [0.2, 0.25) is 0 Å². The van der Waals surface area contributed by atoms with E-state index in [0.29, 0.717) is 19.7 Å². The molecule has 10 nitrogen and oxygen atoms in total. The molecular weight excluding hydrogens is 506 g/mol. The van der Waals surface area contributed by atoms with Crippen LogP contribution in [0, 0.1) is 0 Å². The SMILES string of the molecule is CC[C@@H]1CN(c2c3c(ccc(=O)n3C)nn2C2CCCCO2)[C@@H]([C@@H](C)O)CN1C(C)c1ccc2nccnc2c1. The zero-order valence-corrected chi connectivity index (χ0v) is 23.8. The summed E-state index contributed by atoms with van der Waals surface area (Å²) >= 11 is 0. The number of aromatic nitrogens is 5. The van der Waals surface area contributed by atoms with Gasteiger partial charge < -0.3 is 19.3 Å². The minimum Gasteiger partial charge on any atom is -0.391 e. The summed E-state index contributed by atoms with van der Waals surface area (Å²) in [5, 5.41) is 16.2. The lowest BCUT2D eigenvalue weighted by Gasteiger charge is -2.50. The highest BCUT2D eigenvalue weighted by Gasteiger charge is 2.41. The molecule has 2 unspecified atom stereocenters. The van der Waals surface area contributed by atoms with Crippen LogP contribution in [0.25, 0.3) is 22.1 Å². The summed E-state index contributed by atoms with van der Waals surface area (Å²) < 4.78 is 9.86. The molecule has 10 heteroatoms. The molecule has 0 bridgehead atoms. The van der Waals surface area contributed by atoms with Crippen molar-refractivity contribution in [2.45, 2.75) is 76.9 Å². The van der Waals surface area contributed by atoms with E-state index in [1.165, 1.54) is 5.56 Å². The Morgan fingerprint density at radius 3 is 2.55 bits per heavy atom. The van der Waals surface area contributed by atoms with Crippen molar-refractivity contribution in [3.8, 4) is 0 Å². The molecule has 6 rings (SSSR count). The van der Waals surface area contributed by atoms with Gasteiger partial charge in [0.05, 0.1) is 23.2 Å². The molecule has 212 valence electrons. The first-order chi connectivity index (χ1) is 19.4. The smallest absolute Gasteiger partial charge is 0.250 e. The van der Waals surface area contributed by atoms with Crippen LogP contribution >= 0.6 is 0 Å². The second-order valence-corrected chi connectivity index (χ2v) is 11.3. The third-order valence-electron chi connectivity index (χ3n) is 8.81. The standard InChI is InChI=1S/C30H39N7O3/c1-5-22-17-36(30-29-24(11-12-27(39)34(29)4)33-37(30)28-8-6-7-15-40-28)26(20(3)38)18-35(22)19(2)21-9-10-23-25(16-21)32-14-13-31-23/h9-14,16,19-20,22,26,28,38H,5-8,15,17-18H2,1-4H3/t19?,20-,22-,26-,28?/m1/s1. The van der Waals surface area contributed by atoms with Gasteiger partial charge in [0.15, 0.2) is 12.0 Å². The monoisotopic (exact) mass is 545 g/mol. The molecule has 0 radical (unpaired) electrons. The molecule has 4 aromatic rings. The fourth-order valence-corrected chi connectivity index (χ4v) is 6.48. The van der Waals surface area contributed by atoms with E-state index < -0.39 is 6.10 Å². The van der Waals surface area contributed by atoms with Crippen LogP contribution in [0.15, 0.2) is 47.5 Å². The Kier molecular flexibility index (Phi) is 7.33. The number of ether oxygens (including phenoxy) is 1. The normalized spacial score (nSPS) is 24.0. The van der Waals surface area contributed by atoms with Crippen molar-refractivity contribution in [3.05, 3.63) is 58.6 Å². The number of hydrogen-bond donors (Lipinski definition) is 1. The lowest BCUT2D eigenvalue weighted by molar-refractivity contribution is -0.0391. The number of rotatable bonds is 6. The molecule has 0 saturated carbocycles. The molecule has 5 heterocycles. The van der Waals surface area contributed by atoms with Crippen molar-refractivity contribution in [3.63, 3.8) is 0 Å². The predicted octanol–water partition coefficient (Wildman–Crippen LogP) is 3.79. The number of piperazine rings is 1. The summed E-state index contributed by atoms with van der Waals surface area (Å²) in [7, 11) is 1.80. The Balaban J connectivity index is 1.42. The van der Waals surface area contributed by atoms with Crippen LogP contribution in [-0.4, -0.2) is 72.2 Å². The average Bonchev–Trinajstić information content (AvgIpc) is 3.38. The average molecular weight is 546 g/mol. The quantitative estimate of drug-likeness (QED) is 0.391. The number of pyridine rings is 1. The molecule has 2 saturated heterocycles. The second-order valence-electron chi connectivity index (χ2n) is 11.3. The van der Waals surface area contributed by atoms with Gasteiger partial charge >= 0.3 is 0 Å². The van der Waals surface area contributed by atoms with Crippen molar-refractivity contribution in [1.29, 1.82) is 0 Å². The predicted molar refractivity (Wildman–Crippen MR) is 155 cm³/mol. The van der Waals surface area contributed by atoms with Gasteiger partial charge in [0.1, 0.15) is 11.0 Å². The van der Waals surface area contributed by atoms with E-state index in [0.717, 1.165) is 53.6 Å². The Morgan fingerprint density at radius 2 is 1.82 bits per heavy atom. The van der Waals surface area contributed by atoms with Crippen LogP contribution in [0.4, 0.5) is 5.82 Å². The first-order valence-electron chi connectivity index (χ1n) is 14.5. The second kappa shape index (κ2) is 10.9. The molecular formula is C30H39N7O3. The van der Waals surface area contributed by atoms with Gasteiger partial charge in [-0.2, -0.15) is 5.10 Å². The summed E-state index contributed by atoms with van der Waals surface area (Å²) in [5.41, 5.74) is 4.42. The molecule has 0 spiro atoms. The number of fused-ring (bicyclic) bond motifs is 2. The number of aliphatic hydroxyl groups excluding tert-OH is 1. The van der Waals surface area contributed by atoms with Gasteiger partial charge in [-0.25, -0.2) is 4.68 Å². The van der Waals surface area contributed by atoms with Gasteiger partial charge in [0.2, 0.25) is 0 Å². The Morgan fingerprint density at radius 1 is 1.05 bits per heavy atom. The van der Waals surface area contributed by atoms with E-state index in [9.17, 15) is 9.90 Å². The summed E-state index contributed by atoms with van der Waals surface area (Å²) in [5.74, 6) is 0.861. The topological polar surface area (TPSA) is 102 Å². The number of aryl methyl sites for hydroxylation is 1. The third kappa shape index (κ3) is 4.67. The van der Waals surface area contributed by atoms with E-state index in [4.69, 9.17) is 9.84 Å². The van der Waals surface area contributed by atoms with Gasteiger partial charge in [0.25, 0.3) is 5.56 Å². The van der Waals surface area contributed by atoms with Gasteiger partial charge in [-0.05, 0) is 63.3 Å². The van der Waals surface area contributed by atoms with Gasteiger partial charge in [-0.3, -0.25) is 19.7 Å². The van der Waals surface area contributed by atoms with Crippen molar-refractivity contribution in [1.82, 2.24) is 29.2 Å². The lowest BCUT2D eigenvalue weighted by Crippen LogP contribution is -2.62. The third-order valence-corrected chi connectivity index (χ3v) is 8.81. The molecule has 1 aromatic carbocycles. The summed E-state index contributed by atoms with van der Waals surface area (Å²) in [6, 6.07) is 9.80. The lowest BCUT2D eigenvalue weighted by atomic mass is 9.96. The minimum atomic E-state index is -0.610. The van der Waals surface area contributed by atoms with E-state index >= 15 is 0 Å². The number of nitrogens with zero attached hydrogens (tertiary/aromatic N) is 7. The molecule has 40 heavy (non-hydrogen) atoms. The summed E-state index contributed by atoms with van der Waals surface area (Å²) in [6.45, 7) is 8.35. The number of benzene rings is 1. The van der Waals surface area contributed by atoms with Crippen molar-refractivity contribution in [2.75, 3.05) is 24.6 Å². The Bertz CT molecular complexity index is 1560.